The lowest BCUT2D eigenvalue weighted by atomic mass is 9.90. The van der Waals surface area contributed by atoms with Crippen molar-refractivity contribution in [1.82, 2.24) is 20.4 Å². The molecule has 0 spiro atoms. The minimum absolute atomic E-state index is 0.0414. The zero-order valence-corrected chi connectivity index (χ0v) is 33.0. The Morgan fingerprint density at radius 1 is 1.05 bits per heavy atom. The van der Waals surface area contributed by atoms with Crippen LogP contribution in [0, 0.1) is 17.8 Å². The van der Waals surface area contributed by atoms with E-state index < -0.39 is 79.7 Å². The van der Waals surface area contributed by atoms with Gasteiger partial charge in [0.25, 0.3) is 11.8 Å². The van der Waals surface area contributed by atoms with E-state index >= 15 is 0 Å². The highest BCUT2D eigenvalue weighted by molar-refractivity contribution is 7.91. The second kappa shape index (κ2) is 15.1. The molecule has 3 heterocycles. The van der Waals surface area contributed by atoms with Gasteiger partial charge in [-0.05, 0) is 90.3 Å². The van der Waals surface area contributed by atoms with E-state index in [9.17, 15) is 32.4 Å². The van der Waals surface area contributed by atoms with E-state index in [4.69, 9.17) is 18.9 Å². The van der Waals surface area contributed by atoms with Crippen molar-refractivity contribution in [2.75, 3.05) is 19.8 Å². The fourth-order valence-corrected chi connectivity index (χ4v) is 8.52. The van der Waals surface area contributed by atoms with E-state index in [0.29, 0.717) is 50.4 Å². The van der Waals surface area contributed by atoms with Crippen LogP contribution >= 0.6 is 0 Å². The predicted molar refractivity (Wildman–Crippen MR) is 199 cm³/mol. The number of allylic oxidation sites excluding steroid dienone is 1. The van der Waals surface area contributed by atoms with Crippen molar-refractivity contribution in [2.45, 2.75) is 115 Å². The molecule has 3 aliphatic heterocycles. The third-order valence-corrected chi connectivity index (χ3v) is 12.9. The van der Waals surface area contributed by atoms with Crippen molar-refractivity contribution in [1.29, 1.82) is 0 Å². The first-order valence-electron chi connectivity index (χ1n) is 18.8. The number of rotatable bonds is 6. The molecule has 6 rings (SSSR count). The fraction of sp³-hybridized carbons (Fsp3) is 0.632. The summed E-state index contributed by atoms with van der Waals surface area (Å²) < 4.78 is 49.8. The Bertz CT molecular complexity index is 1900. The van der Waals surface area contributed by atoms with E-state index in [-0.39, 0.29) is 36.6 Å². The molecule has 2 saturated carbocycles. The minimum Gasteiger partial charge on any atom is -0.486 e. The van der Waals surface area contributed by atoms with E-state index in [2.05, 4.69) is 20.6 Å². The van der Waals surface area contributed by atoms with Gasteiger partial charge in [0, 0.05) is 18.3 Å². The van der Waals surface area contributed by atoms with Gasteiger partial charge in [0.1, 0.15) is 42.2 Å². The molecule has 300 valence electrons. The molecule has 1 aromatic rings. The summed E-state index contributed by atoms with van der Waals surface area (Å²) in [6.45, 7) is 10.9. The third kappa shape index (κ3) is 8.92. The number of hydrazone groups is 1. The molecule has 6 unspecified atom stereocenters. The summed E-state index contributed by atoms with van der Waals surface area (Å²) in [6.07, 6.45) is 4.59. The van der Waals surface area contributed by atoms with Crippen molar-refractivity contribution in [3.8, 4) is 11.5 Å². The molecule has 0 aromatic heterocycles. The standard InChI is InChI=1S/C38H51N5O11S/c1-22-9-7-8-10-25-20-38(25,34(47)42-55(49,50)37(6)13-14-37)39-31(44)27-19-26(53-33(46)24-11-12-28-29(18-24)52-16-15-51-28)21-43(27)32(45)30(23(2)17-22)40-41-35(48)54-36(3,4)5/h8,10-12,18,22-23,25-27H,7,9,13-17,19-21H2,1-6H3,(H,39,44)(H,41,48)(H,42,47)/b10-8?,40-30+. The molecule has 2 aliphatic carbocycles. The Labute approximate surface area is 321 Å². The highest BCUT2D eigenvalue weighted by Gasteiger charge is 2.63. The highest BCUT2D eigenvalue weighted by atomic mass is 32.2. The van der Waals surface area contributed by atoms with Gasteiger partial charge in [-0.15, -0.1) is 0 Å². The summed E-state index contributed by atoms with van der Waals surface area (Å²) in [5, 5.41) is 7.05. The SMILES string of the molecule is CC1CCC=CC2CC2(C(=O)NS(=O)(=O)C2(C)CC2)NC(=O)C2CC(OC(=O)c3ccc4c(c3)OCCO4)CN2C(=O)/C(=N/NC(=O)OC(C)(C)C)C(C)C1. The molecule has 6 atom stereocenters. The predicted octanol–water partition coefficient (Wildman–Crippen LogP) is 3.35. The van der Waals surface area contributed by atoms with Gasteiger partial charge in [0.05, 0.1) is 16.9 Å². The second-order valence-electron chi connectivity index (χ2n) is 16.6. The number of hydrogen-bond acceptors (Lipinski definition) is 12. The summed E-state index contributed by atoms with van der Waals surface area (Å²) in [4.78, 5) is 70.1. The topological polar surface area (TPSA) is 208 Å². The molecule has 55 heavy (non-hydrogen) atoms. The lowest BCUT2D eigenvalue weighted by molar-refractivity contribution is -0.136. The maximum Gasteiger partial charge on any atom is 0.428 e. The average Bonchev–Trinajstić information content (AvgIpc) is 3.99. The number of carbonyl (C=O) groups is 5. The first-order chi connectivity index (χ1) is 25.8. The van der Waals surface area contributed by atoms with Gasteiger partial charge in [-0.3, -0.25) is 19.1 Å². The first-order valence-corrected chi connectivity index (χ1v) is 20.3. The molecule has 0 radical (unpaired) electrons. The number of sulfonamides is 1. The van der Waals surface area contributed by atoms with Gasteiger partial charge in [-0.2, -0.15) is 5.10 Å². The summed E-state index contributed by atoms with van der Waals surface area (Å²) >= 11 is 0. The minimum atomic E-state index is -4.03. The molecule has 3 fully saturated rings. The van der Waals surface area contributed by atoms with Gasteiger partial charge >= 0.3 is 12.1 Å². The van der Waals surface area contributed by atoms with E-state index in [0.717, 1.165) is 6.42 Å². The van der Waals surface area contributed by atoms with Crippen LogP contribution in [-0.4, -0.2) is 96.6 Å². The Morgan fingerprint density at radius 2 is 1.76 bits per heavy atom. The maximum atomic E-state index is 14.6. The van der Waals surface area contributed by atoms with Crippen LogP contribution in [0.1, 0.15) is 96.8 Å². The molecule has 5 aliphatic rings. The first kappa shape index (κ1) is 40.0. The van der Waals surface area contributed by atoms with Crippen LogP contribution in [0.25, 0.3) is 0 Å². The van der Waals surface area contributed by atoms with Gasteiger partial charge in [-0.25, -0.2) is 23.4 Å². The Balaban J connectivity index is 1.31. The third-order valence-electron chi connectivity index (χ3n) is 10.8. The number of hydrogen-bond donors (Lipinski definition) is 3. The summed E-state index contributed by atoms with van der Waals surface area (Å²) in [5.74, 6) is -3.02. The Kier molecular flexibility index (Phi) is 11.0. The van der Waals surface area contributed by atoms with Gasteiger partial charge < -0.3 is 29.2 Å². The number of esters is 1. The van der Waals surface area contributed by atoms with Crippen LogP contribution in [0.2, 0.25) is 0 Å². The molecule has 1 aromatic carbocycles. The number of ether oxygens (including phenoxy) is 4. The lowest BCUT2D eigenvalue weighted by Crippen LogP contribution is -2.57. The maximum absolute atomic E-state index is 14.6. The van der Waals surface area contributed by atoms with Crippen LogP contribution in [0.4, 0.5) is 4.79 Å². The van der Waals surface area contributed by atoms with Crippen LogP contribution in [0.3, 0.4) is 0 Å². The van der Waals surface area contributed by atoms with E-state index in [1.165, 1.54) is 17.0 Å². The quantitative estimate of drug-likeness (QED) is 0.217. The van der Waals surface area contributed by atoms with Crippen molar-refractivity contribution in [2.24, 2.45) is 22.9 Å². The van der Waals surface area contributed by atoms with Crippen LogP contribution in [-0.2, 0) is 33.9 Å². The van der Waals surface area contributed by atoms with Gasteiger partial charge in [0.15, 0.2) is 11.5 Å². The largest absolute Gasteiger partial charge is 0.486 e. The molecule has 4 amide bonds. The number of nitrogens with one attached hydrogen (secondary N) is 3. The summed E-state index contributed by atoms with van der Waals surface area (Å²) in [6, 6.07) is 3.35. The number of fused-ring (bicyclic) bond motifs is 3. The van der Waals surface area contributed by atoms with Crippen molar-refractivity contribution >= 4 is 45.5 Å². The average molecular weight is 786 g/mol. The summed E-state index contributed by atoms with van der Waals surface area (Å²) in [5.41, 5.74) is 0.0366. The number of benzene rings is 1. The molecular formula is C38H51N5O11S. The second-order valence-corrected chi connectivity index (χ2v) is 18.8. The van der Waals surface area contributed by atoms with Crippen molar-refractivity contribution in [3.63, 3.8) is 0 Å². The monoisotopic (exact) mass is 785 g/mol. The van der Waals surface area contributed by atoms with Crippen LogP contribution in [0.15, 0.2) is 35.5 Å². The number of amides is 4. The lowest BCUT2D eigenvalue weighted by Gasteiger charge is -2.28. The highest BCUT2D eigenvalue weighted by Crippen LogP contribution is 2.47. The van der Waals surface area contributed by atoms with E-state index in [1.807, 2.05) is 19.1 Å². The van der Waals surface area contributed by atoms with Crippen LogP contribution in [0.5, 0.6) is 11.5 Å². The summed E-state index contributed by atoms with van der Waals surface area (Å²) in [7, 11) is -4.03. The fourth-order valence-electron chi connectivity index (χ4n) is 7.21. The van der Waals surface area contributed by atoms with Crippen molar-refractivity contribution < 1.29 is 51.3 Å². The molecule has 3 N–H and O–H groups in total. The molecule has 16 nitrogen and oxygen atoms in total. The zero-order chi connectivity index (χ0) is 39.9. The van der Waals surface area contributed by atoms with Crippen LogP contribution < -0.4 is 24.9 Å². The van der Waals surface area contributed by atoms with Gasteiger partial charge in [-0.1, -0.05) is 26.0 Å². The number of nitrogens with zero attached hydrogens (tertiary/aromatic N) is 2. The molecular weight excluding hydrogens is 735 g/mol. The molecule has 1 saturated heterocycles. The number of carbonyl (C=O) groups excluding carboxylic acids is 5. The molecule has 0 bridgehead atoms. The smallest absolute Gasteiger partial charge is 0.428 e. The normalized spacial score (nSPS) is 29.7. The van der Waals surface area contributed by atoms with Gasteiger partial charge in [0.2, 0.25) is 15.9 Å². The zero-order valence-electron chi connectivity index (χ0n) is 32.1. The Morgan fingerprint density at radius 3 is 2.45 bits per heavy atom. The van der Waals surface area contributed by atoms with E-state index in [1.54, 1.807) is 40.7 Å². The molecule has 17 heteroatoms. The Hall–Kier alpha value is -4.67. The van der Waals surface area contributed by atoms with Crippen molar-refractivity contribution in [3.05, 3.63) is 35.9 Å².